The molecule has 0 unspecified atom stereocenters. The molecule has 0 bridgehead atoms. The first-order chi connectivity index (χ1) is 17.2. The third-order valence-electron chi connectivity index (χ3n) is 5.98. The summed E-state index contributed by atoms with van der Waals surface area (Å²) in [6.45, 7) is 9.87. The van der Waals surface area contributed by atoms with Gasteiger partial charge in [0.1, 0.15) is 5.82 Å². The summed E-state index contributed by atoms with van der Waals surface area (Å²) < 4.78 is 0. The minimum absolute atomic E-state index is 0.332. The quantitative estimate of drug-likeness (QED) is 0.354. The summed E-state index contributed by atoms with van der Waals surface area (Å²) in [6.07, 6.45) is 9.76. The Kier molecular flexibility index (Phi) is 9.33. The second-order valence-electron chi connectivity index (χ2n) is 9.36. The summed E-state index contributed by atoms with van der Waals surface area (Å²) in [6, 6.07) is 7.67. The lowest BCUT2D eigenvalue weighted by molar-refractivity contribution is -0.0161. The van der Waals surface area contributed by atoms with Crippen LogP contribution in [0.3, 0.4) is 0 Å². The van der Waals surface area contributed by atoms with E-state index in [0.717, 1.165) is 46.3 Å². The Morgan fingerprint density at radius 2 is 2.00 bits per heavy atom. The Balaban J connectivity index is 2.11. The van der Waals surface area contributed by atoms with E-state index in [-0.39, 0.29) is 6.04 Å². The average Bonchev–Trinajstić information content (AvgIpc) is 2.85. The van der Waals surface area contributed by atoms with Gasteiger partial charge in [-0.3, -0.25) is 4.99 Å². The molecular weight excluding hydrogens is 450 g/mol. The first-order valence-electron chi connectivity index (χ1n) is 12.1. The second-order valence-corrected chi connectivity index (χ2v) is 9.36. The molecule has 0 saturated heterocycles. The summed E-state index contributed by atoms with van der Waals surface area (Å²) in [5.74, 6) is 1.12. The van der Waals surface area contributed by atoms with Crippen LogP contribution in [0.4, 0.5) is 5.82 Å². The number of nitrogens with one attached hydrogen (secondary N) is 1. The smallest absolute Gasteiger partial charge is 0.161 e. The molecule has 36 heavy (non-hydrogen) atoms. The Labute approximate surface area is 214 Å². The van der Waals surface area contributed by atoms with Crippen molar-refractivity contribution in [2.75, 3.05) is 26.5 Å². The largest absolute Gasteiger partial charge is 0.390 e. The van der Waals surface area contributed by atoms with E-state index in [1.54, 1.807) is 19.5 Å². The van der Waals surface area contributed by atoms with E-state index in [9.17, 15) is 10.2 Å². The van der Waals surface area contributed by atoms with Crippen LogP contribution >= 0.6 is 0 Å². The second kappa shape index (κ2) is 12.4. The number of aromatic nitrogens is 2. The number of aliphatic hydroxyl groups is 2. The number of aliphatic imine (C=N–C) groups is 1. The molecule has 2 aromatic rings. The molecule has 0 radical (unpaired) electrons. The maximum atomic E-state index is 10.6. The lowest BCUT2D eigenvalue weighted by Crippen LogP contribution is -2.45. The number of hydrogen-bond donors (Lipinski definition) is 3. The minimum Gasteiger partial charge on any atom is -0.390 e. The van der Waals surface area contributed by atoms with Gasteiger partial charge in [0.15, 0.2) is 5.82 Å². The van der Waals surface area contributed by atoms with Gasteiger partial charge in [-0.1, -0.05) is 49.1 Å². The van der Waals surface area contributed by atoms with E-state index in [1.165, 1.54) is 0 Å². The SMILES string of the molecule is C=C/C(=C\N(C)C)c1cccc(-c2ncc(/C(C=NC)=C/C(=C)C)c(N[C@H]3CCC[C@@H](O)[C@H]3O)n2)c1. The van der Waals surface area contributed by atoms with Crippen molar-refractivity contribution in [1.29, 1.82) is 0 Å². The fourth-order valence-corrected chi connectivity index (χ4v) is 4.28. The third kappa shape index (κ3) is 6.77. The summed E-state index contributed by atoms with van der Waals surface area (Å²) >= 11 is 0. The molecule has 0 spiro atoms. The molecule has 1 aliphatic rings. The minimum atomic E-state index is -0.881. The van der Waals surface area contributed by atoms with Gasteiger partial charge in [0, 0.05) is 56.5 Å². The van der Waals surface area contributed by atoms with Crippen LogP contribution in [0.25, 0.3) is 22.5 Å². The van der Waals surface area contributed by atoms with Gasteiger partial charge in [0.25, 0.3) is 0 Å². The Morgan fingerprint density at radius 1 is 1.22 bits per heavy atom. The van der Waals surface area contributed by atoms with Crippen LogP contribution in [0.1, 0.15) is 37.3 Å². The summed E-state index contributed by atoms with van der Waals surface area (Å²) in [5.41, 5.74) is 5.27. The molecule has 1 saturated carbocycles. The van der Waals surface area contributed by atoms with Gasteiger partial charge in [-0.2, -0.15) is 0 Å². The Hall–Kier alpha value is -3.55. The molecule has 1 aromatic heterocycles. The lowest BCUT2D eigenvalue weighted by Gasteiger charge is -2.33. The first kappa shape index (κ1) is 27.0. The number of benzene rings is 1. The highest BCUT2D eigenvalue weighted by Crippen LogP contribution is 2.30. The summed E-state index contributed by atoms with van der Waals surface area (Å²) in [7, 11) is 5.65. The number of allylic oxidation sites excluding steroid dienone is 5. The van der Waals surface area contributed by atoms with Crippen molar-refractivity contribution < 1.29 is 10.2 Å². The van der Waals surface area contributed by atoms with Crippen LogP contribution in [0.15, 0.2) is 72.5 Å². The highest BCUT2D eigenvalue weighted by molar-refractivity contribution is 6.12. The van der Waals surface area contributed by atoms with Gasteiger partial charge in [0.05, 0.1) is 18.2 Å². The molecular formula is C29H37N5O2. The number of aliphatic hydroxyl groups excluding tert-OH is 2. The number of hydrogen-bond acceptors (Lipinski definition) is 7. The van der Waals surface area contributed by atoms with E-state index in [1.807, 2.05) is 68.5 Å². The third-order valence-corrected chi connectivity index (χ3v) is 5.98. The van der Waals surface area contributed by atoms with Crippen molar-refractivity contribution in [3.05, 3.63) is 78.7 Å². The van der Waals surface area contributed by atoms with Crippen LogP contribution in [-0.2, 0) is 0 Å². The lowest BCUT2D eigenvalue weighted by atomic mass is 9.90. The number of anilines is 1. The molecule has 1 aliphatic carbocycles. The highest BCUT2D eigenvalue weighted by atomic mass is 16.3. The molecule has 1 heterocycles. The molecule has 7 heteroatoms. The molecule has 1 aromatic carbocycles. The molecule has 0 amide bonds. The fourth-order valence-electron chi connectivity index (χ4n) is 4.28. The highest BCUT2D eigenvalue weighted by Gasteiger charge is 2.31. The van der Waals surface area contributed by atoms with E-state index in [4.69, 9.17) is 4.98 Å². The first-order valence-corrected chi connectivity index (χ1v) is 12.1. The number of rotatable bonds is 9. The normalized spacial score (nSPS) is 20.9. The zero-order valence-electron chi connectivity index (χ0n) is 21.6. The molecule has 3 rings (SSSR count). The number of nitrogens with zero attached hydrogens (tertiary/aromatic N) is 4. The topological polar surface area (TPSA) is 93.9 Å². The van der Waals surface area contributed by atoms with Crippen molar-refractivity contribution in [1.82, 2.24) is 14.9 Å². The van der Waals surface area contributed by atoms with Crippen molar-refractivity contribution >= 4 is 23.2 Å². The van der Waals surface area contributed by atoms with E-state index >= 15 is 0 Å². The van der Waals surface area contributed by atoms with Gasteiger partial charge in [-0.15, -0.1) is 0 Å². The Bertz CT molecular complexity index is 1180. The van der Waals surface area contributed by atoms with Crippen molar-refractivity contribution in [2.24, 2.45) is 4.99 Å². The molecule has 3 N–H and O–H groups in total. The maximum absolute atomic E-state index is 10.6. The van der Waals surface area contributed by atoms with Gasteiger partial charge < -0.3 is 20.4 Å². The van der Waals surface area contributed by atoms with Crippen molar-refractivity contribution in [3.8, 4) is 11.4 Å². The predicted molar refractivity (Wildman–Crippen MR) is 150 cm³/mol. The Morgan fingerprint density at radius 3 is 2.67 bits per heavy atom. The fraction of sp³-hybridized carbons (Fsp3) is 0.345. The molecule has 190 valence electrons. The van der Waals surface area contributed by atoms with E-state index < -0.39 is 12.2 Å². The van der Waals surface area contributed by atoms with Crippen molar-refractivity contribution in [2.45, 2.75) is 44.4 Å². The van der Waals surface area contributed by atoms with Crippen LogP contribution < -0.4 is 5.32 Å². The van der Waals surface area contributed by atoms with Gasteiger partial charge in [0.2, 0.25) is 0 Å². The summed E-state index contributed by atoms with van der Waals surface area (Å²) in [5, 5.41) is 24.3. The van der Waals surface area contributed by atoms with Crippen LogP contribution in [0.5, 0.6) is 0 Å². The zero-order chi connectivity index (χ0) is 26.2. The monoisotopic (exact) mass is 487 g/mol. The van der Waals surface area contributed by atoms with Crippen LogP contribution in [-0.4, -0.2) is 70.7 Å². The maximum Gasteiger partial charge on any atom is 0.161 e. The van der Waals surface area contributed by atoms with E-state index in [0.29, 0.717) is 18.1 Å². The van der Waals surface area contributed by atoms with Crippen LogP contribution in [0, 0.1) is 0 Å². The molecule has 3 atom stereocenters. The molecule has 7 nitrogen and oxygen atoms in total. The van der Waals surface area contributed by atoms with Gasteiger partial charge in [-0.25, -0.2) is 9.97 Å². The molecule has 1 fully saturated rings. The van der Waals surface area contributed by atoms with E-state index in [2.05, 4.69) is 28.5 Å². The predicted octanol–water partition coefficient (Wildman–Crippen LogP) is 4.58. The van der Waals surface area contributed by atoms with Crippen LogP contribution in [0.2, 0.25) is 0 Å². The van der Waals surface area contributed by atoms with Crippen molar-refractivity contribution in [3.63, 3.8) is 0 Å². The van der Waals surface area contributed by atoms with Gasteiger partial charge in [-0.05, 0) is 43.4 Å². The standard InChI is InChI=1S/C29H37N5O2/c1-7-20(18-34(5)6)21-10-8-11-22(15-21)28-31-17-24(23(16-30-4)14-19(2)3)29(33-28)32-25-12-9-13-26(35)27(25)36/h7-8,10-11,14-18,25-27,35-36H,1-2,9,12-13H2,3-6H3,(H,31,32,33)/b20-18+,23-14+,30-16?/t25-,26+,27-/m0/s1. The average molecular weight is 488 g/mol. The summed E-state index contributed by atoms with van der Waals surface area (Å²) in [4.78, 5) is 15.8. The zero-order valence-corrected chi connectivity index (χ0v) is 21.6. The van der Waals surface area contributed by atoms with Gasteiger partial charge >= 0.3 is 0 Å². The molecule has 0 aliphatic heterocycles.